The number of fused-ring (bicyclic) bond motifs is 4. The van der Waals surface area contributed by atoms with Crippen molar-refractivity contribution in [3.63, 3.8) is 0 Å². The molecule has 0 amide bonds. The number of nitrogens with zero attached hydrogens (tertiary/aromatic N) is 3. The maximum Gasteiger partial charge on any atom is 0.333 e. The van der Waals surface area contributed by atoms with Gasteiger partial charge in [-0.15, -0.1) is 3.89 Å². The molecule has 0 radical (unpaired) electrons. The highest BCUT2D eigenvalue weighted by Crippen LogP contribution is 2.36. The molecule has 6 rings (SSSR count). The largest absolute Gasteiger partial charge is 0.381 e. The highest BCUT2D eigenvalue weighted by molar-refractivity contribution is 7.86. The number of pyridine rings is 2. The second-order valence-electron chi connectivity index (χ2n) is 9.29. The van der Waals surface area contributed by atoms with E-state index in [2.05, 4.69) is 20.6 Å². The van der Waals surface area contributed by atoms with Crippen LogP contribution in [0, 0.1) is 18.3 Å². The molecule has 5 aromatic rings. The van der Waals surface area contributed by atoms with Crippen LogP contribution in [0.25, 0.3) is 44.0 Å². The van der Waals surface area contributed by atoms with Crippen molar-refractivity contribution in [1.82, 2.24) is 14.5 Å². The average molecular weight is 517 g/mol. The summed E-state index contributed by atoms with van der Waals surface area (Å²) >= 11 is 0. The van der Waals surface area contributed by atoms with Gasteiger partial charge < -0.3 is 14.3 Å². The van der Waals surface area contributed by atoms with E-state index >= 15 is 0 Å². The molecule has 0 spiro atoms. The molecule has 1 saturated heterocycles. The molecule has 0 unspecified atom stereocenters. The van der Waals surface area contributed by atoms with Crippen LogP contribution in [0.5, 0.6) is 0 Å². The first-order valence-corrected chi connectivity index (χ1v) is 13.2. The van der Waals surface area contributed by atoms with Crippen LogP contribution in [0.4, 0.5) is 3.89 Å². The van der Waals surface area contributed by atoms with Gasteiger partial charge in [0.1, 0.15) is 10.5 Å². The highest BCUT2D eigenvalue weighted by atomic mass is 32.3. The first kappa shape index (κ1) is 23.3. The van der Waals surface area contributed by atoms with Crippen LogP contribution in [0.3, 0.4) is 0 Å². The fourth-order valence-corrected chi connectivity index (χ4v) is 5.78. The van der Waals surface area contributed by atoms with Gasteiger partial charge in [0, 0.05) is 53.5 Å². The van der Waals surface area contributed by atoms with Gasteiger partial charge in [-0.3, -0.25) is 9.78 Å². The summed E-state index contributed by atoms with van der Waals surface area (Å²) in [6.07, 6.45) is 3.93. The molecule has 186 valence electrons. The molecule has 1 fully saturated rings. The van der Waals surface area contributed by atoms with E-state index in [0.717, 1.165) is 30.0 Å². The normalized spacial score (nSPS) is 14.9. The van der Waals surface area contributed by atoms with Gasteiger partial charge in [0.15, 0.2) is 5.43 Å². The number of nitrogens with one attached hydrogen (secondary N) is 1. The smallest absolute Gasteiger partial charge is 0.333 e. The van der Waals surface area contributed by atoms with Crippen molar-refractivity contribution in [1.29, 1.82) is 5.26 Å². The van der Waals surface area contributed by atoms with Crippen molar-refractivity contribution < 1.29 is 17.0 Å². The molecule has 4 heterocycles. The van der Waals surface area contributed by atoms with E-state index in [1.807, 2.05) is 13.0 Å². The Morgan fingerprint density at radius 2 is 1.92 bits per heavy atom. The fraction of sp³-hybridized carbons (Fsp3) is 0.222. The number of hydrogen-bond donors (Lipinski definition) is 1. The lowest BCUT2D eigenvalue weighted by molar-refractivity contribution is 0.0715. The molecule has 0 bridgehead atoms. The third-order valence-corrected chi connectivity index (χ3v) is 7.87. The summed E-state index contributed by atoms with van der Waals surface area (Å²) in [4.78, 5) is 20.7. The molecule has 3 aromatic heterocycles. The first-order valence-electron chi connectivity index (χ1n) is 11.8. The van der Waals surface area contributed by atoms with E-state index in [1.165, 1.54) is 12.3 Å². The Balaban J connectivity index is 1.72. The quantitative estimate of drug-likeness (QED) is 0.341. The van der Waals surface area contributed by atoms with Crippen molar-refractivity contribution in [2.75, 3.05) is 13.2 Å². The Morgan fingerprint density at radius 1 is 1.14 bits per heavy atom. The van der Waals surface area contributed by atoms with Crippen LogP contribution >= 0.6 is 0 Å². The second-order valence-corrected chi connectivity index (χ2v) is 10.6. The van der Waals surface area contributed by atoms with Crippen molar-refractivity contribution in [2.45, 2.75) is 30.7 Å². The maximum absolute atomic E-state index is 13.9. The minimum atomic E-state index is -4.93. The van der Waals surface area contributed by atoms with Crippen molar-refractivity contribution in [3.05, 3.63) is 70.1 Å². The predicted octanol–water partition coefficient (Wildman–Crippen LogP) is 4.89. The average Bonchev–Trinajstić information content (AvgIpc) is 3.27. The summed E-state index contributed by atoms with van der Waals surface area (Å²) in [5, 5.41) is 11.2. The van der Waals surface area contributed by atoms with E-state index < -0.39 is 15.1 Å². The molecule has 2 aromatic carbocycles. The number of hydrogen-bond acceptors (Lipinski definition) is 6. The molecule has 37 heavy (non-hydrogen) atoms. The maximum atomic E-state index is 13.9. The number of aryl methyl sites for hydroxylation is 1. The van der Waals surface area contributed by atoms with Crippen LogP contribution in [0.15, 0.2) is 58.5 Å². The van der Waals surface area contributed by atoms with Crippen LogP contribution in [0.1, 0.15) is 30.0 Å². The zero-order valence-corrected chi connectivity index (χ0v) is 20.6. The lowest BCUT2D eigenvalue weighted by Gasteiger charge is -2.27. The number of ether oxygens (including phenoxy) is 1. The number of H-pyrrole nitrogens is 1. The van der Waals surface area contributed by atoms with E-state index in [1.54, 1.807) is 24.3 Å². The SMILES string of the molecule is Cc1cc2c(=O)c3c4ccc(C#N)cc4[nH]c3n(C3CCOCC3)c2cc1-c1cncc(S(=O)(=O)F)c1. The van der Waals surface area contributed by atoms with Gasteiger partial charge in [-0.25, -0.2) is 0 Å². The Bertz CT molecular complexity index is 1950. The van der Waals surface area contributed by atoms with E-state index in [-0.39, 0.29) is 11.5 Å². The number of rotatable bonds is 3. The van der Waals surface area contributed by atoms with E-state index in [9.17, 15) is 22.4 Å². The lowest BCUT2D eigenvalue weighted by atomic mass is 9.97. The molecule has 0 aliphatic carbocycles. The van der Waals surface area contributed by atoms with Gasteiger partial charge in [0.25, 0.3) is 0 Å². The predicted molar refractivity (Wildman–Crippen MR) is 138 cm³/mol. The van der Waals surface area contributed by atoms with Gasteiger partial charge in [0.2, 0.25) is 0 Å². The third kappa shape index (κ3) is 3.79. The summed E-state index contributed by atoms with van der Waals surface area (Å²) < 4.78 is 44.4. The number of aromatic amines is 1. The van der Waals surface area contributed by atoms with Crippen molar-refractivity contribution >= 4 is 43.1 Å². The Kier molecular flexibility index (Phi) is 5.36. The minimum absolute atomic E-state index is 0.0362. The molecule has 10 heteroatoms. The molecular weight excluding hydrogens is 495 g/mol. The summed E-state index contributed by atoms with van der Waals surface area (Å²) in [7, 11) is -4.93. The van der Waals surface area contributed by atoms with Gasteiger partial charge in [-0.05, 0) is 61.2 Å². The van der Waals surface area contributed by atoms with E-state index in [4.69, 9.17) is 4.74 Å². The van der Waals surface area contributed by atoms with Crippen LogP contribution < -0.4 is 5.43 Å². The molecule has 1 aliphatic rings. The van der Waals surface area contributed by atoms with Crippen LogP contribution in [-0.4, -0.2) is 36.2 Å². The summed E-state index contributed by atoms with van der Waals surface area (Å²) in [6.45, 7) is 2.98. The molecule has 0 atom stereocenters. The van der Waals surface area contributed by atoms with Crippen LogP contribution in [-0.2, 0) is 15.0 Å². The molecule has 1 N–H and O–H groups in total. The Morgan fingerprint density at radius 3 is 2.65 bits per heavy atom. The van der Waals surface area contributed by atoms with Crippen molar-refractivity contribution in [2.24, 2.45) is 0 Å². The van der Waals surface area contributed by atoms with E-state index in [0.29, 0.717) is 57.4 Å². The Hall–Kier alpha value is -4.07. The van der Waals surface area contributed by atoms with Crippen molar-refractivity contribution in [3.8, 4) is 17.2 Å². The lowest BCUT2D eigenvalue weighted by Crippen LogP contribution is -2.22. The third-order valence-electron chi connectivity index (χ3n) is 7.08. The fourth-order valence-electron chi connectivity index (χ4n) is 5.33. The first-order chi connectivity index (χ1) is 17.8. The molecule has 0 saturated carbocycles. The van der Waals surface area contributed by atoms with Gasteiger partial charge in [0.05, 0.1) is 22.5 Å². The molecule has 1 aliphatic heterocycles. The standard InChI is InChI=1S/C27H21FN4O4S/c1-15-8-22-24(11-21(15)17-10-19(14-30-13-17)37(28,34)35)32(18-4-6-36-7-5-18)27-25(26(22)33)20-3-2-16(12-29)9-23(20)31-27/h2-3,8-11,13-14,18,31H,4-7H2,1H3. The number of benzene rings is 2. The summed E-state index contributed by atoms with van der Waals surface area (Å²) in [5.41, 5.74) is 4.17. The zero-order chi connectivity index (χ0) is 25.9. The number of nitriles is 1. The Labute approximate surface area is 211 Å². The summed E-state index contributed by atoms with van der Waals surface area (Å²) in [6, 6.07) is 12.3. The van der Waals surface area contributed by atoms with Crippen LogP contribution in [0.2, 0.25) is 0 Å². The van der Waals surface area contributed by atoms with Gasteiger partial charge in [-0.1, -0.05) is 6.07 Å². The molecular formula is C27H21FN4O4S. The highest BCUT2D eigenvalue weighted by Gasteiger charge is 2.24. The number of aromatic nitrogens is 3. The summed E-state index contributed by atoms with van der Waals surface area (Å²) in [5.74, 6) is 0. The van der Waals surface area contributed by atoms with Gasteiger partial charge >= 0.3 is 10.2 Å². The topological polar surface area (TPSA) is 118 Å². The monoisotopic (exact) mass is 516 g/mol. The zero-order valence-electron chi connectivity index (χ0n) is 19.8. The number of halogens is 1. The minimum Gasteiger partial charge on any atom is -0.381 e. The second kappa shape index (κ2) is 8.50. The van der Waals surface area contributed by atoms with Gasteiger partial charge in [-0.2, -0.15) is 13.7 Å². The molecule has 8 nitrogen and oxygen atoms in total.